The van der Waals surface area contributed by atoms with Crippen LogP contribution in [0.1, 0.15) is 39.0 Å². The predicted molar refractivity (Wildman–Crippen MR) is 85.5 cm³/mol. The van der Waals surface area contributed by atoms with E-state index in [0.29, 0.717) is 41.2 Å². The number of aliphatic hydroxyl groups is 2. The molecule has 0 amide bonds. The van der Waals surface area contributed by atoms with Crippen LogP contribution in [0.5, 0.6) is 0 Å². The van der Waals surface area contributed by atoms with Gasteiger partial charge in [-0.3, -0.25) is 4.90 Å². The van der Waals surface area contributed by atoms with E-state index in [1.165, 1.54) is 32.2 Å². The SMILES string of the molecule is C=C1[C@H]2CC3C4N5C[C@]6(C)CC[C@@H](O)[C@@]47[C@@H]6[C@@H]5C[C@]3([C@@H]1O)[C@H]7C2. The van der Waals surface area contributed by atoms with Crippen molar-refractivity contribution in [3.8, 4) is 0 Å². The zero-order chi connectivity index (χ0) is 15.5. The fourth-order valence-electron chi connectivity index (χ4n) is 10.3. The van der Waals surface area contributed by atoms with Gasteiger partial charge in [0.15, 0.2) is 0 Å². The van der Waals surface area contributed by atoms with E-state index in [2.05, 4.69) is 18.4 Å². The number of rotatable bonds is 0. The maximum absolute atomic E-state index is 11.3. The summed E-state index contributed by atoms with van der Waals surface area (Å²) >= 11 is 0. The molecule has 3 heteroatoms. The summed E-state index contributed by atoms with van der Waals surface area (Å²) in [5.74, 6) is 2.36. The van der Waals surface area contributed by atoms with Crippen LogP contribution in [-0.2, 0) is 0 Å². The topological polar surface area (TPSA) is 43.7 Å². The van der Waals surface area contributed by atoms with E-state index >= 15 is 0 Å². The number of fused-ring (bicyclic) bond motifs is 1. The number of hydrogen-bond donors (Lipinski definition) is 2. The second kappa shape index (κ2) is 3.20. The van der Waals surface area contributed by atoms with Gasteiger partial charge in [-0.15, -0.1) is 0 Å². The van der Waals surface area contributed by atoms with Gasteiger partial charge in [-0.25, -0.2) is 0 Å². The number of nitrogens with zero attached hydrogens (tertiary/aromatic N) is 1. The summed E-state index contributed by atoms with van der Waals surface area (Å²) < 4.78 is 0. The van der Waals surface area contributed by atoms with Gasteiger partial charge in [-0.1, -0.05) is 13.5 Å². The first-order valence-corrected chi connectivity index (χ1v) is 9.77. The lowest BCUT2D eigenvalue weighted by atomic mass is 9.40. The molecule has 124 valence electrons. The fourth-order valence-corrected chi connectivity index (χ4v) is 10.3. The van der Waals surface area contributed by atoms with Crippen molar-refractivity contribution in [2.24, 2.45) is 39.9 Å². The summed E-state index contributed by atoms with van der Waals surface area (Å²) in [6.45, 7) is 8.05. The van der Waals surface area contributed by atoms with Crippen molar-refractivity contribution in [2.75, 3.05) is 6.54 Å². The third-order valence-corrected chi connectivity index (χ3v) is 10.4. The third-order valence-electron chi connectivity index (χ3n) is 10.4. The summed E-state index contributed by atoms with van der Waals surface area (Å²) in [5, 5.41) is 22.6. The minimum Gasteiger partial charge on any atom is -0.392 e. The monoisotopic (exact) mass is 313 g/mol. The van der Waals surface area contributed by atoms with E-state index in [4.69, 9.17) is 0 Å². The van der Waals surface area contributed by atoms with Gasteiger partial charge in [0.2, 0.25) is 0 Å². The Bertz CT molecular complexity index is 677. The normalized spacial score (nSPS) is 75.6. The average molecular weight is 313 g/mol. The first-order chi connectivity index (χ1) is 11.0. The van der Waals surface area contributed by atoms with Gasteiger partial charge in [-0.2, -0.15) is 0 Å². The van der Waals surface area contributed by atoms with Crippen LogP contribution in [0.3, 0.4) is 0 Å². The first-order valence-electron chi connectivity index (χ1n) is 9.77. The quantitative estimate of drug-likeness (QED) is 0.670. The minimum absolute atomic E-state index is 0.0672. The summed E-state index contributed by atoms with van der Waals surface area (Å²) in [4.78, 5) is 2.83. The van der Waals surface area contributed by atoms with E-state index in [0.717, 1.165) is 12.0 Å². The highest BCUT2D eigenvalue weighted by Crippen LogP contribution is 2.86. The van der Waals surface area contributed by atoms with E-state index in [-0.39, 0.29) is 23.0 Å². The molecule has 6 saturated carbocycles. The number of aliphatic hydroxyl groups excluding tert-OH is 2. The second-order valence-corrected chi connectivity index (χ2v) is 10.5. The Balaban J connectivity index is 1.54. The lowest BCUT2D eigenvalue weighted by Gasteiger charge is -2.65. The molecule has 3 saturated heterocycles. The van der Waals surface area contributed by atoms with Crippen LogP contribution in [0.15, 0.2) is 12.2 Å². The highest BCUT2D eigenvalue weighted by molar-refractivity contribution is 5.43. The molecule has 3 unspecified atom stereocenters. The highest BCUT2D eigenvalue weighted by atomic mass is 16.3. The van der Waals surface area contributed by atoms with Crippen molar-refractivity contribution in [3.05, 3.63) is 12.2 Å². The maximum atomic E-state index is 11.3. The van der Waals surface area contributed by atoms with Gasteiger partial charge in [-0.05, 0) is 66.8 Å². The van der Waals surface area contributed by atoms with E-state index < -0.39 is 0 Å². The van der Waals surface area contributed by atoms with Crippen molar-refractivity contribution in [1.82, 2.24) is 4.90 Å². The Morgan fingerprint density at radius 3 is 2.91 bits per heavy atom. The van der Waals surface area contributed by atoms with Crippen LogP contribution < -0.4 is 0 Å². The Hall–Kier alpha value is -0.380. The van der Waals surface area contributed by atoms with Crippen molar-refractivity contribution < 1.29 is 10.2 Å². The van der Waals surface area contributed by atoms with Crippen molar-refractivity contribution in [3.63, 3.8) is 0 Å². The Labute approximate surface area is 137 Å². The Morgan fingerprint density at radius 2 is 2.09 bits per heavy atom. The van der Waals surface area contributed by atoms with Gasteiger partial charge >= 0.3 is 0 Å². The third kappa shape index (κ3) is 0.910. The molecular formula is C20H27NO2. The minimum atomic E-state index is -0.295. The molecule has 12 atom stereocenters. The van der Waals surface area contributed by atoms with Crippen LogP contribution in [0.4, 0.5) is 0 Å². The molecule has 0 aromatic heterocycles. The summed E-state index contributed by atoms with van der Waals surface area (Å²) in [5.41, 5.74) is 1.72. The van der Waals surface area contributed by atoms with E-state index in [1.807, 2.05) is 0 Å². The van der Waals surface area contributed by atoms with Crippen LogP contribution in [-0.4, -0.2) is 45.9 Å². The summed E-state index contributed by atoms with van der Waals surface area (Å²) in [7, 11) is 0. The molecule has 3 heterocycles. The molecular weight excluding hydrogens is 286 g/mol. The smallest absolute Gasteiger partial charge is 0.0813 e. The molecule has 0 aromatic rings. The first kappa shape index (κ1) is 12.9. The lowest BCUT2D eigenvalue weighted by molar-refractivity contribution is -0.194. The average Bonchev–Trinajstić information content (AvgIpc) is 2.94. The Morgan fingerprint density at radius 1 is 1.26 bits per heavy atom. The molecule has 2 spiro atoms. The van der Waals surface area contributed by atoms with Crippen LogP contribution in [0, 0.1) is 39.9 Å². The molecule has 9 rings (SSSR count). The van der Waals surface area contributed by atoms with Gasteiger partial charge in [0.05, 0.1) is 12.2 Å². The van der Waals surface area contributed by atoms with E-state index in [1.54, 1.807) is 0 Å². The van der Waals surface area contributed by atoms with Crippen molar-refractivity contribution in [2.45, 2.75) is 63.3 Å². The molecule has 6 aliphatic carbocycles. The molecule has 2 N–H and O–H groups in total. The van der Waals surface area contributed by atoms with Gasteiger partial charge in [0.25, 0.3) is 0 Å². The van der Waals surface area contributed by atoms with Crippen molar-refractivity contribution >= 4 is 0 Å². The zero-order valence-corrected chi connectivity index (χ0v) is 13.9. The highest BCUT2D eigenvalue weighted by Gasteiger charge is 2.89. The number of hydrogen-bond acceptors (Lipinski definition) is 3. The molecule has 9 aliphatic rings. The summed E-state index contributed by atoms with van der Waals surface area (Å²) in [6, 6.07) is 1.19. The molecule has 0 aromatic carbocycles. The van der Waals surface area contributed by atoms with Gasteiger partial charge in [0, 0.05) is 29.5 Å². The molecule has 3 aliphatic heterocycles. The largest absolute Gasteiger partial charge is 0.392 e. The standard InChI is InChI=1S/C20H27NO2/c1-9-10-5-11-16-20-13(6-10)19(11,17(9)23)7-12-15(20)18(2,8-21(12)16)4-3-14(20)22/h10-17,22-23H,1,3-8H2,2H3/t10-,11?,12-,13+,14+,15+,16?,17+,18-,19+,20-/m0/s1. The fraction of sp³-hybridized carbons (Fsp3) is 0.900. The number of piperidine rings is 2. The van der Waals surface area contributed by atoms with Crippen LogP contribution in [0.25, 0.3) is 0 Å². The molecule has 23 heavy (non-hydrogen) atoms. The lowest BCUT2D eigenvalue weighted by Crippen LogP contribution is -2.65. The molecule has 3 nitrogen and oxygen atoms in total. The predicted octanol–water partition coefficient (Wildman–Crippen LogP) is 1.79. The van der Waals surface area contributed by atoms with E-state index in [9.17, 15) is 10.2 Å². The van der Waals surface area contributed by atoms with Crippen LogP contribution >= 0.6 is 0 Å². The molecule has 9 bridgehead atoms. The van der Waals surface area contributed by atoms with Crippen molar-refractivity contribution in [1.29, 1.82) is 0 Å². The zero-order valence-electron chi connectivity index (χ0n) is 13.9. The summed E-state index contributed by atoms with van der Waals surface area (Å²) in [6.07, 6.45) is 5.38. The maximum Gasteiger partial charge on any atom is 0.0813 e. The molecule has 0 radical (unpaired) electrons. The second-order valence-electron chi connectivity index (χ2n) is 10.5. The Kier molecular flexibility index (Phi) is 1.79. The van der Waals surface area contributed by atoms with Gasteiger partial charge < -0.3 is 10.2 Å². The van der Waals surface area contributed by atoms with Crippen LogP contribution in [0.2, 0.25) is 0 Å². The molecule has 9 fully saturated rings. The van der Waals surface area contributed by atoms with Gasteiger partial charge in [0.1, 0.15) is 0 Å².